The van der Waals surface area contributed by atoms with Crippen molar-refractivity contribution in [2.75, 3.05) is 5.32 Å². The maximum Gasteiger partial charge on any atom is 0.228 e. The van der Waals surface area contributed by atoms with E-state index in [1.807, 2.05) is 24.4 Å². The lowest BCUT2D eigenvalue weighted by molar-refractivity contribution is -0.117. The number of aromatic nitrogens is 3. The molecular formula is C20H16N4O. The van der Waals surface area contributed by atoms with Crippen LogP contribution in [0.3, 0.4) is 0 Å². The largest absolute Gasteiger partial charge is 0.351 e. The first-order chi connectivity index (χ1) is 12.3. The Bertz CT molecular complexity index is 1100. The Morgan fingerprint density at radius 3 is 2.80 bits per heavy atom. The van der Waals surface area contributed by atoms with Crippen LogP contribution in [0.2, 0.25) is 0 Å². The maximum atomic E-state index is 12.1. The van der Waals surface area contributed by atoms with Gasteiger partial charge in [-0.15, -0.1) is 0 Å². The zero-order chi connectivity index (χ0) is 16.8. The minimum Gasteiger partial charge on any atom is -0.351 e. The van der Waals surface area contributed by atoms with Gasteiger partial charge in [-0.2, -0.15) is 0 Å². The molecular weight excluding hydrogens is 312 g/mol. The predicted molar refractivity (Wildman–Crippen MR) is 98.2 cm³/mol. The summed E-state index contributed by atoms with van der Waals surface area (Å²) >= 11 is 0. The number of fused-ring (bicyclic) bond motifs is 3. The average Bonchev–Trinajstić information content (AvgIpc) is 3.44. The van der Waals surface area contributed by atoms with Crippen LogP contribution in [0.15, 0.2) is 55.0 Å². The van der Waals surface area contributed by atoms with Crippen LogP contribution in [0.25, 0.3) is 32.9 Å². The summed E-state index contributed by atoms with van der Waals surface area (Å²) in [6, 6.07) is 12.3. The summed E-state index contributed by atoms with van der Waals surface area (Å²) < 4.78 is 0. The number of anilines is 1. The third kappa shape index (κ3) is 2.45. The van der Waals surface area contributed by atoms with E-state index in [2.05, 4.69) is 38.5 Å². The summed E-state index contributed by atoms with van der Waals surface area (Å²) in [5.41, 5.74) is 4.06. The Morgan fingerprint density at radius 1 is 1.08 bits per heavy atom. The lowest BCUT2D eigenvalue weighted by atomic mass is 10.1. The number of amides is 1. The highest BCUT2D eigenvalue weighted by molar-refractivity contribution is 6.13. The molecule has 5 heteroatoms. The zero-order valence-corrected chi connectivity index (χ0v) is 13.5. The number of nitrogens with one attached hydrogen (secondary N) is 2. The number of aromatic amines is 1. The van der Waals surface area contributed by atoms with Crippen LogP contribution in [-0.4, -0.2) is 20.9 Å². The van der Waals surface area contributed by atoms with Gasteiger partial charge in [-0.1, -0.05) is 18.2 Å². The Hall–Kier alpha value is -3.21. The van der Waals surface area contributed by atoms with Crippen molar-refractivity contribution in [3.63, 3.8) is 0 Å². The molecule has 1 fully saturated rings. The molecule has 0 spiro atoms. The Kier molecular flexibility index (Phi) is 3.06. The number of benzene rings is 1. The number of hydrogen-bond donors (Lipinski definition) is 2. The summed E-state index contributed by atoms with van der Waals surface area (Å²) in [7, 11) is 0. The van der Waals surface area contributed by atoms with Crippen molar-refractivity contribution < 1.29 is 4.79 Å². The molecule has 4 aromatic rings. The van der Waals surface area contributed by atoms with Crippen LogP contribution in [-0.2, 0) is 4.79 Å². The van der Waals surface area contributed by atoms with Crippen molar-refractivity contribution >= 4 is 33.5 Å². The fraction of sp³-hybridized carbons (Fsp3) is 0.150. The van der Waals surface area contributed by atoms with Gasteiger partial charge in [0.05, 0.1) is 5.52 Å². The number of rotatable bonds is 3. The van der Waals surface area contributed by atoms with Crippen LogP contribution in [0.4, 0.5) is 5.82 Å². The molecule has 5 nitrogen and oxygen atoms in total. The van der Waals surface area contributed by atoms with Gasteiger partial charge in [-0.3, -0.25) is 9.78 Å². The molecule has 0 atom stereocenters. The molecule has 1 saturated carbocycles. The van der Waals surface area contributed by atoms with Gasteiger partial charge in [0.2, 0.25) is 5.91 Å². The monoisotopic (exact) mass is 328 g/mol. The summed E-state index contributed by atoms with van der Waals surface area (Å²) in [6.07, 6.45) is 7.32. The molecule has 0 unspecified atom stereocenters. The van der Waals surface area contributed by atoms with E-state index in [0.29, 0.717) is 5.82 Å². The van der Waals surface area contributed by atoms with Gasteiger partial charge in [-0.05, 0) is 36.6 Å². The van der Waals surface area contributed by atoms with Crippen LogP contribution in [0.5, 0.6) is 0 Å². The predicted octanol–water partition coefficient (Wildman–Crippen LogP) is 4.13. The van der Waals surface area contributed by atoms with Crippen molar-refractivity contribution in [2.24, 2.45) is 5.92 Å². The first-order valence-corrected chi connectivity index (χ1v) is 8.41. The highest BCUT2D eigenvalue weighted by Crippen LogP contribution is 2.34. The maximum absolute atomic E-state index is 12.1. The molecule has 0 bridgehead atoms. The normalized spacial score (nSPS) is 14.1. The topological polar surface area (TPSA) is 70.7 Å². The van der Waals surface area contributed by atoms with Crippen molar-refractivity contribution in [1.82, 2.24) is 15.0 Å². The third-order valence-corrected chi connectivity index (χ3v) is 4.70. The molecule has 3 heterocycles. The van der Waals surface area contributed by atoms with Gasteiger partial charge in [0.1, 0.15) is 0 Å². The van der Waals surface area contributed by atoms with Crippen molar-refractivity contribution in [1.29, 1.82) is 0 Å². The van der Waals surface area contributed by atoms with Crippen molar-refractivity contribution in [2.45, 2.75) is 12.8 Å². The Labute approximate surface area is 144 Å². The van der Waals surface area contributed by atoms with Gasteiger partial charge in [0.25, 0.3) is 0 Å². The van der Waals surface area contributed by atoms with E-state index in [1.54, 1.807) is 12.4 Å². The second kappa shape index (κ2) is 5.41. The molecule has 0 radical (unpaired) electrons. The summed E-state index contributed by atoms with van der Waals surface area (Å²) in [5.74, 6) is 0.821. The van der Waals surface area contributed by atoms with Gasteiger partial charge in [-0.25, -0.2) is 4.98 Å². The zero-order valence-electron chi connectivity index (χ0n) is 13.5. The van der Waals surface area contributed by atoms with Crippen molar-refractivity contribution in [3.8, 4) is 11.1 Å². The van der Waals surface area contributed by atoms with E-state index >= 15 is 0 Å². The highest BCUT2D eigenvalue weighted by atomic mass is 16.2. The SMILES string of the molecule is O=C(Nc1nccc2c1[nH]c1cc(-c3cccnc3)ccc12)C1CC1. The second-order valence-electron chi connectivity index (χ2n) is 6.47. The molecule has 1 aliphatic rings. The Morgan fingerprint density at radius 2 is 2.00 bits per heavy atom. The molecule has 2 N–H and O–H groups in total. The molecule has 3 aromatic heterocycles. The summed E-state index contributed by atoms with van der Waals surface area (Å²) in [5, 5.41) is 5.14. The fourth-order valence-electron chi connectivity index (χ4n) is 3.20. The lowest BCUT2D eigenvalue weighted by Crippen LogP contribution is -2.14. The molecule has 122 valence electrons. The number of hydrogen-bond acceptors (Lipinski definition) is 3. The van der Waals surface area contributed by atoms with Crippen LogP contribution in [0.1, 0.15) is 12.8 Å². The van der Waals surface area contributed by atoms with E-state index in [9.17, 15) is 4.79 Å². The third-order valence-electron chi connectivity index (χ3n) is 4.70. The number of carbonyl (C=O) groups excluding carboxylic acids is 1. The molecule has 1 amide bonds. The number of nitrogens with zero attached hydrogens (tertiary/aromatic N) is 2. The Balaban J connectivity index is 1.63. The minimum atomic E-state index is 0.0645. The molecule has 0 aliphatic heterocycles. The van der Waals surface area contributed by atoms with E-state index in [4.69, 9.17) is 0 Å². The van der Waals surface area contributed by atoms with E-state index in [-0.39, 0.29) is 11.8 Å². The van der Waals surface area contributed by atoms with Crippen LogP contribution >= 0.6 is 0 Å². The first-order valence-electron chi connectivity index (χ1n) is 8.41. The first kappa shape index (κ1) is 14.2. The van der Waals surface area contributed by atoms with E-state index in [0.717, 1.165) is 45.8 Å². The molecule has 25 heavy (non-hydrogen) atoms. The van der Waals surface area contributed by atoms with Gasteiger partial charge in [0.15, 0.2) is 5.82 Å². The fourth-order valence-corrected chi connectivity index (χ4v) is 3.20. The smallest absolute Gasteiger partial charge is 0.228 e. The molecule has 5 rings (SSSR count). The standard InChI is InChI=1S/C20H16N4O/c25-20(12-3-4-12)24-19-18-16(7-9-22-19)15-6-5-13(10-17(15)23-18)14-2-1-8-21-11-14/h1-2,5-12,23H,3-4H2,(H,22,24,25). The van der Waals surface area contributed by atoms with Gasteiger partial charge >= 0.3 is 0 Å². The molecule has 0 saturated heterocycles. The number of pyridine rings is 2. The van der Waals surface area contributed by atoms with Crippen LogP contribution in [0, 0.1) is 5.92 Å². The van der Waals surface area contributed by atoms with E-state index in [1.165, 1.54) is 0 Å². The van der Waals surface area contributed by atoms with Gasteiger partial charge < -0.3 is 10.3 Å². The van der Waals surface area contributed by atoms with E-state index < -0.39 is 0 Å². The second-order valence-corrected chi connectivity index (χ2v) is 6.47. The van der Waals surface area contributed by atoms with Crippen LogP contribution < -0.4 is 5.32 Å². The minimum absolute atomic E-state index is 0.0645. The summed E-state index contributed by atoms with van der Waals surface area (Å²) in [4.78, 5) is 24.1. The molecule has 1 aliphatic carbocycles. The molecule has 1 aromatic carbocycles. The average molecular weight is 328 g/mol. The van der Waals surface area contributed by atoms with Crippen molar-refractivity contribution in [3.05, 3.63) is 55.0 Å². The number of H-pyrrole nitrogens is 1. The van der Waals surface area contributed by atoms with Gasteiger partial charge in [0, 0.05) is 46.4 Å². The number of carbonyl (C=O) groups is 1. The summed E-state index contributed by atoms with van der Waals surface area (Å²) in [6.45, 7) is 0. The quantitative estimate of drug-likeness (QED) is 0.594. The highest BCUT2D eigenvalue weighted by Gasteiger charge is 2.30. The lowest BCUT2D eigenvalue weighted by Gasteiger charge is -2.04.